The molecular weight excluding hydrogens is 306 g/mol. The minimum atomic E-state index is -1.74. The van der Waals surface area contributed by atoms with Gasteiger partial charge < -0.3 is 14.6 Å². The van der Waals surface area contributed by atoms with Crippen LogP contribution in [-0.4, -0.2) is 44.8 Å². The van der Waals surface area contributed by atoms with E-state index in [2.05, 4.69) is 0 Å². The molecule has 0 unspecified atom stereocenters. The van der Waals surface area contributed by atoms with Gasteiger partial charge in [-0.1, -0.05) is 12.1 Å². The summed E-state index contributed by atoms with van der Waals surface area (Å²) in [6, 6.07) is 6.83. The second-order valence-corrected chi connectivity index (χ2v) is 7.55. The molecule has 22 heavy (non-hydrogen) atoms. The van der Waals surface area contributed by atoms with E-state index in [4.69, 9.17) is 9.47 Å². The summed E-state index contributed by atoms with van der Waals surface area (Å²) in [5.74, 6) is -0.645. The van der Waals surface area contributed by atoms with Crippen LogP contribution in [0.3, 0.4) is 0 Å². The summed E-state index contributed by atoms with van der Waals surface area (Å²) in [4.78, 5) is 25.4. The molecule has 2 heterocycles. The molecule has 1 aromatic carbocycles. The first-order valence-corrected chi connectivity index (χ1v) is 7.77. The number of methoxy groups -OCH3 is 1. The minimum Gasteiger partial charge on any atom is -0.493 e. The lowest BCUT2D eigenvalue weighted by molar-refractivity contribution is -0.195. The predicted octanol–water partition coefficient (Wildman–Crippen LogP) is 1.94. The smallest absolute Gasteiger partial charge is 0.371 e. The highest BCUT2D eigenvalue weighted by Crippen LogP contribution is 2.57. The van der Waals surface area contributed by atoms with Gasteiger partial charge in [0.25, 0.3) is 5.72 Å². The van der Waals surface area contributed by atoms with Crippen molar-refractivity contribution in [2.75, 3.05) is 7.11 Å². The van der Waals surface area contributed by atoms with Gasteiger partial charge in [-0.05, 0) is 26.0 Å². The van der Waals surface area contributed by atoms with Gasteiger partial charge in [-0.15, -0.1) is 11.8 Å². The van der Waals surface area contributed by atoms with Crippen LogP contribution in [0.25, 0.3) is 0 Å². The van der Waals surface area contributed by atoms with Crippen molar-refractivity contribution in [3.63, 3.8) is 0 Å². The van der Waals surface area contributed by atoms with Gasteiger partial charge in [0.1, 0.15) is 0 Å². The Morgan fingerprint density at radius 1 is 1.36 bits per heavy atom. The fraction of sp³-hybridized carbons (Fsp3) is 0.467. The first-order chi connectivity index (χ1) is 10.3. The Kier molecular flexibility index (Phi) is 3.28. The van der Waals surface area contributed by atoms with Gasteiger partial charge in [0.15, 0.2) is 11.5 Å². The van der Waals surface area contributed by atoms with E-state index < -0.39 is 16.4 Å². The zero-order valence-electron chi connectivity index (χ0n) is 12.5. The Morgan fingerprint density at radius 2 is 2.00 bits per heavy atom. The second kappa shape index (κ2) is 4.81. The molecule has 2 saturated heterocycles. The van der Waals surface area contributed by atoms with E-state index in [1.165, 1.54) is 23.8 Å². The van der Waals surface area contributed by atoms with Crippen LogP contribution in [0.4, 0.5) is 0 Å². The number of benzene rings is 1. The molecule has 3 rings (SSSR count). The minimum absolute atomic E-state index is 0.159. The van der Waals surface area contributed by atoms with Crippen LogP contribution in [-0.2, 0) is 9.59 Å². The van der Waals surface area contributed by atoms with Crippen LogP contribution in [0.15, 0.2) is 24.3 Å². The normalized spacial score (nSPS) is 28.8. The van der Waals surface area contributed by atoms with Crippen LogP contribution in [0.5, 0.6) is 11.5 Å². The highest BCUT2D eigenvalue weighted by Gasteiger charge is 2.72. The lowest BCUT2D eigenvalue weighted by Crippen LogP contribution is -2.70. The Hall–Kier alpha value is -1.89. The zero-order valence-corrected chi connectivity index (χ0v) is 13.3. The number of aliphatic carboxylic acids is 1. The van der Waals surface area contributed by atoms with E-state index in [0.29, 0.717) is 17.9 Å². The molecule has 6 nitrogen and oxygen atoms in total. The number of carboxylic acids is 1. The molecule has 0 radical (unpaired) electrons. The van der Waals surface area contributed by atoms with Crippen molar-refractivity contribution in [2.24, 2.45) is 0 Å². The lowest BCUT2D eigenvalue weighted by atomic mass is 9.93. The highest BCUT2D eigenvalue weighted by atomic mass is 32.2. The van der Waals surface area contributed by atoms with Gasteiger partial charge >= 0.3 is 5.97 Å². The fourth-order valence-corrected chi connectivity index (χ4v) is 4.67. The number of ether oxygens (including phenoxy) is 2. The molecule has 2 aliphatic heterocycles. The number of carboxylic acid groups (broad SMARTS) is 1. The molecule has 0 aliphatic carbocycles. The van der Waals surface area contributed by atoms with Crippen LogP contribution in [0.1, 0.15) is 20.3 Å². The van der Waals surface area contributed by atoms with Gasteiger partial charge in [-0.25, -0.2) is 4.79 Å². The van der Waals surface area contributed by atoms with Gasteiger partial charge in [0, 0.05) is 0 Å². The molecule has 2 fully saturated rings. The quantitative estimate of drug-likeness (QED) is 0.854. The van der Waals surface area contributed by atoms with Crippen molar-refractivity contribution in [2.45, 2.75) is 36.1 Å². The molecule has 1 aromatic rings. The maximum atomic E-state index is 12.1. The number of hydrogen-bond donors (Lipinski definition) is 1. The van der Waals surface area contributed by atoms with Crippen molar-refractivity contribution in [1.29, 1.82) is 0 Å². The Labute approximate surface area is 132 Å². The molecule has 0 saturated carbocycles. The molecule has 1 N–H and O–H groups in total. The topological polar surface area (TPSA) is 76.1 Å². The SMILES string of the molecule is COc1ccccc1O[C@@]1(C(=O)O)N2C(=O)C[C@H]2SC1(C)C. The number of thioether (sulfide) groups is 1. The van der Waals surface area contributed by atoms with Gasteiger partial charge in [-0.2, -0.15) is 0 Å². The molecule has 2 atom stereocenters. The summed E-state index contributed by atoms with van der Waals surface area (Å²) >= 11 is 1.45. The molecule has 1 amide bonds. The number of hydrogen-bond acceptors (Lipinski definition) is 5. The summed E-state index contributed by atoms with van der Waals surface area (Å²) in [7, 11) is 1.49. The summed E-state index contributed by atoms with van der Waals surface area (Å²) in [6.45, 7) is 3.57. The van der Waals surface area contributed by atoms with E-state index in [1.807, 2.05) is 0 Å². The molecule has 7 heteroatoms. The average Bonchev–Trinajstić information content (AvgIpc) is 2.63. The molecule has 0 bridgehead atoms. The molecule has 118 valence electrons. The van der Waals surface area contributed by atoms with Crippen molar-refractivity contribution in [3.05, 3.63) is 24.3 Å². The number of fused-ring (bicyclic) bond motifs is 1. The van der Waals surface area contributed by atoms with Crippen LogP contribution < -0.4 is 9.47 Å². The van der Waals surface area contributed by atoms with Crippen molar-refractivity contribution < 1.29 is 24.2 Å². The maximum absolute atomic E-state index is 12.1. The summed E-state index contributed by atoms with van der Waals surface area (Å²) < 4.78 is 10.4. The van der Waals surface area contributed by atoms with Crippen molar-refractivity contribution >= 4 is 23.6 Å². The molecule has 0 aromatic heterocycles. The number of amides is 1. The highest BCUT2D eigenvalue weighted by molar-refractivity contribution is 8.01. The standard InChI is InChI=1S/C15H17NO5S/c1-14(2)15(13(18)19,16-11(17)8-12(16)22-14)21-10-7-5-4-6-9(10)20-3/h4-7,12H,8H2,1-3H3,(H,18,19)/t12-,15-/m1/s1. The van der Waals surface area contributed by atoms with Crippen molar-refractivity contribution in [3.8, 4) is 11.5 Å². The number of para-hydroxylation sites is 2. The van der Waals surface area contributed by atoms with E-state index >= 15 is 0 Å². The summed E-state index contributed by atoms with van der Waals surface area (Å²) in [6.07, 6.45) is 0.346. The molecule has 0 spiro atoms. The number of nitrogens with zero attached hydrogens (tertiary/aromatic N) is 1. The van der Waals surface area contributed by atoms with E-state index in [1.54, 1.807) is 38.1 Å². The maximum Gasteiger partial charge on any atom is 0.371 e. The third kappa shape index (κ3) is 1.81. The summed E-state index contributed by atoms with van der Waals surface area (Å²) in [5.41, 5.74) is -1.74. The van der Waals surface area contributed by atoms with Gasteiger partial charge in [-0.3, -0.25) is 9.69 Å². The predicted molar refractivity (Wildman–Crippen MR) is 80.9 cm³/mol. The number of β-lactam (4-membered cyclic amide) rings is 1. The Morgan fingerprint density at radius 3 is 2.55 bits per heavy atom. The van der Waals surface area contributed by atoms with Gasteiger partial charge in [0.2, 0.25) is 5.91 Å². The van der Waals surface area contributed by atoms with E-state index in [-0.39, 0.29) is 11.3 Å². The van der Waals surface area contributed by atoms with E-state index in [9.17, 15) is 14.7 Å². The monoisotopic (exact) mass is 323 g/mol. The Balaban J connectivity index is 2.09. The third-order valence-electron chi connectivity index (χ3n) is 4.11. The fourth-order valence-electron chi connectivity index (χ4n) is 3.01. The van der Waals surface area contributed by atoms with Crippen molar-refractivity contribution in [1.82, 2.24) is 4.90 Å². The summed E-state index contributed by atoms with van der Waals surface area (Å²) in [5, 5.41) is 9.73. The van der Waals surface area contributed by atoms with Crippen LogP contribution >= 0.6 is 11.8 Å². The first kappa shape index (κ1) is 15.0. The molecule has 2 aliphatic rings. The number of carbonyl (C=O) groups excluding carboxylic acids is 1. The van der Waals surface area contributed by atoms with E-state index in [0.717, 1.165) is 0 Å². The largest absolute Gasteiger partial charge is 0.493 e. The number of rotatable bonds is 4. The first-order valence-electron chi connectivity index (χ1n) is 6.89. The Bertz CT molecular complexity index is 647. The van der Waals surface area contributed by atoms with Crippen LogP contribution in [0.2, 0.25) is 0 Å². The molecular formula is C15H17NO5S. The van der Waals surface area contributed by atoms with Crippen LogP contribution in [0, 0.1) is 0 Å². The second-order valence-electron chi connectivity index (χ2n) is 5.75. The lowest BCUT2D eigenvalue weighted by Gasteiger charge is -2.45. The van der Waals surface area contributed by atoms with Gasteiger partial charge in [0.05, 0.1) is 23.7 Å². The zero-order chi connectivity index (χ0) is 16.1. The third-order valence-corrected chi connectivity index (χ3v) is 5.62. The average molecular weight is 323 g/mol. The number of carbonyl (C=O) groups is 2.